The maximum Gasteiger partial charge on any atom is 0.322 e. The molecular formula is C23H28ClN7O. The minimum absolute atomic E-state index is 0.00541. The van der Waals surface area contributed by atoms with E-state index in [1.165, 1.54) is 19.3 Å². The molecular weight excluding hydrogens is 426 g/mol. The second-order valence-corrected chi connectivity index (χ2v) is 8.94. The third kappa shape index (κ3) is 4.73. The fourth-order valence-corrected chi connectivity index (χ4v) is 4.60. The second kappa shape index (κ2) is 9.61. The highest BCUT2D eigenvalue weighted by atomic mass is 35.5. The number of piperazine rings is 1. The van der Waals surface area contributed by atoms with Crippen LogP contribution in [-0.2, 0) is 0 Å². The van der Waals surface area contributed by atoms with Crippen LogP contribution in [-0.4, -0.2) is 59.2 Å². The molecule has 9 heteroatoms. The van der Waals surface area contributed by atoms with Crippen LogP contribution < -0.4 is 15.1 Å². The Hall–Kier alpha value is -3.05. The first-order valence-electron chi connectivity index (χ1n) is 11.1. The summed E-state index contributed by atoms with van der Waals surface area (Å²) in [4.78, 5) is 28.1. The van der Waals surface area contributed by atoms with Crippen LogP contribution in [0.3, 0.4) is 0 Å². The van der Waals surface area contributed by atoms with Crippen molar-refractivity contribution in [2.75, 3.05) is 41.3 Å². The zero-order valence-corrected chi connectivity index (χ0v) is 19.2. The van der Waals surface area contributed by atoms with Crippen LogP contribution in [0.2, 0.25) is 5.02 Å². The first kappa shape index (κ1) is 22.2. The smallest absolute Gasteiger partial charge is 0.322 e. The molecule has 2 aliphatic rings. The Bertz CT molecular complexity index is 1000. The number of carbonyl (C=O) groups excluding carboxylic acids is 1. The standard InChI is InChI=1S/C23H28ClN7O/c1-16-15-31(17(2)14-30(16)20-7-6-18(11-25)21(24)10-20)23(32)28-19-12-26-22(27-13-19)29-8-4-3-5-9-29/h6-7,10,12-13,16-17H,3-5,8-9,14-15H2,1-2H3,(H,28,32)/t16-,17+/m0/s1. The summed E-state index contributed by atoms with van der Waals surface area (Å²) in [5.74, 6) is 0.722. The van der Waals surface area contributed by atoms with Gasteiger partial charge in [-0.2, -0.15) is 5.26 Å². The number of piperidine rings is 1. The van der Waals surface area contributed by atoms with E-state index in [2.05, 4.69) is 38.1 Å². The molecule has 4 rings (SSSR count). The predicted molar refractivity (Wildman–Crippen MR) is 126 cm³/mol. The third-order valence-corrected chi connectivity index (χ3v) is 6.49. The van der Waals surface area contributed by atoms with Crippen molar-refractivity contribution in [1.29, 1.82) is 5.26 Å². The van der Waals surface area contributed by atoms with E-state index in [0.29, 0.717) is 29.4 Å². The summed E-state index contributed by atoms with van der Waals surface area (Å²) in [6.07, 6.45) is 6.94. The van der Waals surface area contributed by atoms with E-state index in [1.54, 1.807) is 18.5 Å². The lowest BCUT2D eigenvalue weighted by molar-refractivity contribution is 0.173. The van der Waals surface area contributed by atoms with Gasteiger partial charge in [-0.3, -0.25) is 0 Å². The van der Waals surface area contributed by atoms with Crippen LogP contribution in [0.25, 0.3) is 0 Å². The van der Waals surface area contributed by atoms with Gasteiger partial charge < -0.3 is 20.0 Å². The number of hydrogen-bond donors (Lipinski definition) is 1. The molecule has 0 saturated carbocycles. The predicted octanol–water partition coefficient (Wildman–Crippen LogP) is 4.12. The number of nitriles is 1. The second-order valence-electron chi connectivity index (χ2n) is 8.53. The zero-order chi connectivity index (χ0) is 22.7. The number of hydrogen-bond acceptors (Lipinski definition) is 6. The Labute approximate surface area is 193 Å². The lowest BCUT2D eigenvalue weighted by Crippen LogP contribution is -2.59. The molecule has 0 spiro atoms. The van der Waals surface area contributed by atoms with Gasteiger partial charge in [-0.1, -0.05) is 11.6 Å². The summed E-state index contributed by atoms with van der Waals surface area (Å²) in [5, 5.41) is 12.5. The molecule has 8 nitrogen and oxygen atoms in total. The van der Waals surface area contributed by atoms with Crippen LogP contribution in [0.5, 0.6) is 0 Å². The van der Waals surface area contributed by atoms with Crippen molar-refractivity contribution in [3.63, 3.8) is 0 Å². The molecule has 168 valence electrons. The fraction of sp³-hybridized carbons (Fsp3) is 0.478. The van der Waals surface area contributed by atoms with Gasteiger partial charge in [0.1, 0.15) is 6.07 Å². The molecule has 0 bridgehead atoms. The average molecular weight is 454 g/mol. The molecule has 2 amide bonds. The van der Waals surface area contributed by atoms with E-state index >= 15 is 0 Å². The Morgan fingerprint density at radius 3 is 2.50 bits per heavy atom. The molecule has 32 heavy (non-hydrogen) atoms. The number of nitrogens with zero attached hydrogens (tertiary/aromatic N) is 6. The van der Waals surface area contributed by atoms with Gasteiger partial charge in [-0.15, -0.1) is 0 Å². The summed E-state index contributed by atoms with van der Waals surface area (Å²) >= 11 is 6.22. The molecule has 2 fully saturated rings. The lowest BCUT2D eigenvalue weighted by Gasteiger charge is -2.45. The van der Waals surface area contributed by atoms with Gasteiger partial charge in [0.2, 0.25) is 5.95 Å². The van der Waals surface area contributed by atoms with Crippen molar-refractivity contribution < 1.29 is 4.79 Å². The number of halogens is 1. The molecule has 1 N–H and O–H groups in total. The summed E-state index contributed by atoms with van der Waals surface area (Å²) in [6.45, 7) is 7.30. The van der Waals surface area contributed by atoms with E-state index in [-0.39, 0.29) is 18.1 Å². The minimum Gasteiger partial charge on any atom is -0.365 e. The SMILES string of the molecule is C[C@@H]1CN(c2ccc(C#N)c(Cl)c2)[C@@H](C)CN1C(=O)Nc1cnc(N2CCCCC2)nc1. The third-order valence-electron chi connectivity index (χ3n) is 6.18. The number of nitrogens with one attached hydrogen (secondary N) is 1. The van der Waals surface area contributed by atoms with Gasteiger partial charge >= 0.3 is 6.03 Å². The van der Waals surface area contributed by atoms with Crippen LogP contribution in [0.4, 0.5) is 22.1 Å². The first-order valence-corrected chi connectivity index (χ1v) is 11.4. The monoisotopic (exact) mass is 453 g/mol. The van der Waals surface area contributed by atoms with E-state index in [4.69, 9.17) is 16.9 Å². The number of amides is 2. The lowest BCUT2D eigenvalue weighted by atomic mass is 10.1. The van der Waals surface area contributed by atoms with Gasteiger partial charge in [-0.25, -0.2) is 14.8 Å². The number of rotatable bonds is 3. The highest BCUT2D eigenvalue weighted by molar-refractivity contribution is 6.32. The van der Waals surface area contributed by atoms with E-state index in [1.807, 2.05) is 24.0 Å². The Balaban J connectivity index is 1.39. The van der Waals surface area contributed by atoms with Crippen molar-refractivity contribution in [1.82, 2.24) is 14.9 Å². The van der Waals surface area contributed by atoms with Crippen molar-refractivity contribution in [3.05, 3.63) is 41.2 Å². The Morgan fingerprint density at radius 1 is 1.12 bits per heavy atom. The highest BCUT2D eigenvalue weighted by Crippen LogP contribution is 2.28. The number of carbonyl (C=O) groups is 1. The minimum atomic E-state index is -0.156. The molecule has 0 unspecified atom stereocenters. The zero-order valence-electron chi connectivity index (χ0n) is 18.5. The van der Waals surface area contributed by atoms with Gasteiger partial charge in [0.05, 0.1) is 28.7 Å². The van der Waals surface area contributed by atoms with Crippen molar-refractivity contribution >= 4 is 35.0 Å². The van der Waals surface area contributed by atoms with Gasteiger partial charge in [-0.05, 0) is 51.3 Å². The average Bonchev–Trinajstić information content (AvgIpc) is 2.81. The molecule has 1 aromatic carbocycles. The van der Waals surface area contributed by atoms with E-state index in [9.17, 15) is 4.79 Å². The Kier molecular flexibility index (Phi) is 6.66. The number of benzene rings is 1. The van der Waals surface area contributed by atoms with Gasteiger partial charge in [0.15, 0.2) is 0 Å². The molecule has 2 aliphatic heterocycles. The first-order chi connectivity index (χ1) is 15.5. The largest absolute Gasteiger partial charge is 0.365 e. The van der Waals surface area contributed by atoms with Crippen LogP contribution in [0.15, 0.2) is 30.6 Å². The highest BCUT2D eigenvalue weighted by Gasteiger charge is 2.32. The summed E-state index contributed by atoms with van der Waals surface area (Å²) in [5.41, 5.74) is 2.01. The van der Waals surface area contributed by atoms with Crippen LogP contribution in [0.1, 0.15) is 38.7 Å². The van der Waals surface area contributed by atoms with E-state index in [0.717, 1.165) is 24.7 Å². The molecule has 3 heterocycles. The van der Waals surface area contributed by atoms with Crippen molar-refractivity contribution in [2.45, 2.75) is 45.2 Å². The van der Waals surface area contributed by atoms with Crippen LogP contribution >= 0.6 is 11.6 Å². The molecule has 0 aliphatic carbocycles. The number of urea groups is 1. The summed E-state index contributed by atoms with van der Waals surface area (Å²) < 4.78 is 0. The normalized spacial score (nSPS) is 21.2. The van der Waals surface area contributed by atoms with Crippen molar-refractivity contribution in [2.24, 2.45) is 0 Å². The molecule has 1 aromatic heterocycles. The number of aromatic nitrogens is 2. The fourth-order valence-electron chi connectivity index (χ4n) is 4.38. The summed E-state index contributed by atoms with van der Waals surface area (Å²) in [6, 6.07) is 7.49. The quantitative estimate of drug-likeness (QED) is 0.751. The molecule has 0 radical (unpaired) electrons. The van der Waals surface area contributed by atoms with Crippen molar-refractivity contribution in [3.8, 4) is 6.07 Å². The molecule has 2 aromatic rings. The van der Waals surface area contributed by atoms with E-state index < -0.39 is 0 Å². The summed E-state index contributed by atoms with van der Waals surface area (Å²) in [7, 11) is 0. The van der Waals surface area contributed by atoms with Gasteiger partial charge in [0.25, 0.3) is 0 Å². The molecule has 2 saturated heterocycles. The van der Waals surface area contributed by atoms with Gasteiger partial charge in [0, 0.05) is 44.0 Å². The number of anilines is 3. The topological polar surface area (TPSA) is 88.4 Å². The molecule has 2 atom stereocenters. The maximum absolute atomic E-state index is 13.0. The Morgan fingerprint density at radius 2 is 1.84 bits per heavy atom. The maximum atomic E-state index is 13.0. The van der Waals surface area contributed by atoms with Crippen LogP contribution in [0, 0.1) is 11.3 Å².